The van der Waals surface area contributed by atoms with Gasteiger partial charge in [0.2, 0.25) is 0 Å². The molecule has 4 rings (SSSR count). The Kier molecular flexibility index (Phi) is 6.85. The summed E-state index contributed by atoms with van der Waals surface area (Å²) in [6.07, 6.45) is 2.03. The molecule has 1 atom stereocenters. The van der Waals surface area contributed by atoms with Crippen molar-refractivity contribution in [3.63, 3.8) is 0 Å². The Morgan fingerprint density at radius 1 is 1.03 bits per heavy atom. The van der Waals surface area contributed by atoms with E-state index in [1.54, 1.807) is 17.0 Å². The van der Waals surface area contributed by atoms with Crippen molar-refractivity contribution in [3.05, 3.63) is 59.7 Å². The Morgan fingerprint density at radius 2 is 1.75 bits per heavy atom. The number of nitrogens with zero attached hydrogens (tertiary/aromatic N) is 4. The van der Waals surface area contributed by atoms with Gasteiger partial charge in [-0.2, -0.15) is 0 Å². The van der Waals surface area contributed by atoms with Gasteiger partial charge in [0, 0.05) is 32.6 Å². The van der Waals surface area contributed by atoms with Gasteiger partial charge in [0.1, 0.15) is 17.7 Å². The minimum Gasteiger partial charge on any atom is -0.507 e. The average Bonchev–Trinajstić information content (AvgIpc) is 3.02. The van der Waals surface area contributed by atoms with Crippen molar-refractivity contribution in [2.24, 2.45) is 9.98 Å². The molecule has 168 valence electrons. The third-order valence-corrected chi connectivity index (χ3v) is 6.02. The molecule has 32 heavy (non-hydrogen) atoms. The molecule has 0 aliphatic carbocycles. The SMILES string of the molecule is CCCCC(O)C(=O)N1CCN(C2=NC(c3ccccc3O)=Nc3ccccc3C2)CC1. The molecular formula is C25H30N4O3. The zero-order valence-electron chi connectivity index (χ0n) is 18.4. The van der Waals surface area contributed by atoms with Gasteiger partial charge in [-0.05, 0) is 30.2 Å². The van der Waals surface area contributed by atoms with E-state index in [1.807, 2.05) is 43.3 Å². The maximum Gasteiger partial charge on any atom is 0.251 e. The Bertz CT molecular complexity index is 1030. The molecule has 2 N–H and O–H groups in total. The van der Waals surface area contributed by atoms with E-state index in [4.69, 9.17) is 9.98 Å². The minimum absolute atomic E-state index is 0.144. The summed E-state index contributed by atoms with van der Waals surface area (Å²) in [7, 11) is 0. The Labute approximate surface area is 188 Å². The molecule has 2 aromatic rings. The van der Waals surface area contributed by atoms with E-state index in [1.165, 1.54) is 0 Å². The lowest BCUT2D eigenvalue weighted by molar-refractivity contribution is -0.141. The van der Waals surface area contributed by atoms with Gasteiger partial charge in [-0.25, -0.2) is 9.98 Å². The quantitative estimate of drug-likeness (QED) is 0.757. The van der Waals surface area contributed by atoms with Crippen molar-refractivity contribution < 1.29 is 15.0 Å². The number of aromatic hydroxyl groups is 1. The maximum absolute atomic E-state index is 12.6. The van der Waals surface area contributed by atoms with Crippen LogP contribution in [-0.4, -0.2) is 69.9 Å². The first-order valence-electron chi connectivity index (χ1n) is 11.3. The third-order valence-electron chi connectivity index (χ3n) is 6.02. The summed E-state index contributed by atoms with van der Waals surface area (Å²) in [5.74, 6) is 1.32. The molecule has 2 aliphatic heterocycles. The zero-order chi connectivity index (χ0) is 22.5. The van der Waals surface area contributed by atoms with Crippen LogP contribution in [0.4, 0.5) is 5.69 Å². The summed E-state index contributed by atoms with van der Waals surface area (Å²) in [4.78, 5) is 26.1. The lowest BCUT2D eigenvalue weighted by Crippen LogP contribution is -2.53. The van der Waals surface area contributed by atoms with E-state index in [0.717, 1.165) is 29.9 Å². The van der Waals surface area contributed by atoms with Crippen LogP contribution in [0.2, 0.25) is 0 Å². The van der Waals surface area contributed by atoms with Crippen LogP contribution >= 0.6 is 0 Å². The molecule has 0 spiro atoms. The van der Waals surface area contributed by atoms with Gasteiger partial charge < -0.3 is 20.0 Å². The van der Waals surface area contributed by atoms with E-state index >= 15 is 0 Å². The molecule has 0 radical (unpaired) electrons. The summed E-state index contributed by atoms with van der Waals surface area (Å²) >= 11 is 0. The van der Waals surface area contributed by atoms with Crippen LogP contribution in [-0.2, 0) is 11.2 Å². The van der Waals surface area contributed by atoms with Crippen LogP contribution in [0.1, 0.15) is 37.3 Å². The first-order valence-corrected chi connectivity index (χ1v) is 11.3. The molecular weight excluding hydrogens is 404 g/mol. The first-order chi connectivity index (χ1) is 15.6. The second-order valence-corrected chi connectivity index (χ2v) is 8.26. The van der Waals surface area contributed by atoms with Crippen LogP contribution in [0.3, 0.4) is 0 Å². The van der Waals surface area contributed by atoms with E-state index < -0.39 is 6.10 Å². The fourth-order valence-corrected chi connectivity index (χ4v) is 4.12. The molecule has 0 bridgehead atoms. The number of amidine groups is 2. The molecule has 0 saturated carbocycles. The van der Waals surface area contributed by atoms with Crippen molar-refractivity contribution in [3.8, 4) is 5.75 Å². The van der Waals surface area contributed by atoms with Crippen molar-refractivity contribution in [1.82, 2.24) is 9.80 Å². The van der Waals surface area contributed by atoms with Gasteiger partial charge in [0.15, 0.2) is 5.84 Å². The molecule has 1 unspecified atom stereocenters. The number of unbranched alkanes of at least 4 members (excludes halogenated alkanes) is 1. The molecule has 0 aromatic heterocycles. The summed E-state index contributed by atoms with van der Waals surface area (Å²) in [5.41, 5.74) is 2.51. The maximum atomic E-state index is 12.6. The highest BCUT2D eigenvalue weighted by molar-refractivity contribution is 6.10. The van der Waals surface area contributed by atoms with E-state index in [-0.39, 0.29) is 11.7 Å². The molecule has 1 saturated heterocycles. The second kappa shape index (κ2) is 9.96. The standard InChI is InChI=1S/C25H30N4O3/c1-2-3-11-22(31)25(32)29-15-13-28(14-16-29)23-17-18-8-4-6-10-20(18)26-24(27-23)19-9-5-7-12-21(19)30/h4-10,12,22,30-31H,2-3,11,13-17H2,1H3. The first kappa shape index (κ1) is 22.0. The number of amides is 1. The Morgan fingerprint density at radius 3 is 2.50 bits per heavy atom. The monoisotopic (exact) mass is 434 g/mol. The lowest BCUT2D eigenvalue weighted by atomic mass is 10.1. The number of carbonyl (C=O) groups excluding carboxylic acids is 1. The molecule has 7 heteroatoms. The summed E-state index contributed by atoms with van der Waals surface area (Å²) in [5, 5.41) is 20.6. The van der Waals surface area contributed by atoms with Gasteiger partial charge >= 0.3 is 0 Å². The number of carbonyl (C=O) groups is 1. The summed E-state index contributed by atoms with van der Waals surface area (Å²) in [6, 6.07) is 15.0. The number of aliphatic hydroxyl groups excluding tert-OH is 1. The van der Waals surface area contributed by atoms with E-state index in [2.05, 4.69) is 4.90 Å². The van der Waals surface area contributed by atoms with Crippen molar-refractivity contribution in [1.29, 1.82) is 0 Å². The molecule has 2 heterocycles. The zero-order valence-corrected chi connectivity index (χ0v) is 18.4. The van der Waals surface area contributed by atoms with Gasteiger partial charge in [0.05, 0.1) is 11.3 Å². The van der Waals surface area contributed by atoms with Crippen molar-refractivity contribution in [2.75, 3.05) is 26.2 Å². The van der Waals surface area contributed by atoms with Gasteiger partial charge in [0.25, 0.3) is 5.91 Å². The molecule has 2 aliphatic rings. The van der Waals surface area contributed by atoms with Crippen LogP contribution < -0.4 is 0 Å². The smallest absolute Gasteiger partial charge is 0.251 e. The van der Waals surface area contributed by atoms with Crippen LogP contribution in [0.15, 0.2) is 58.5 Å². The average molecular weight is 435 g/mol. The Hall–Kier alpha value is -3.19. The number of phenols is 1. The number of rotatable bonds is 5. The number of piperazine rings is 1. The number of aliphatic hydroxyl groups is 1. The molecule has 2 aromatic carbocycles. The highest BCUT2D eigenvalue weighted by atomic mass is 16.3. The number of fused-ring (bicyclic) bond motifs is 1. The van der Waals surface area contributed by atoms with Crippen molar-refractivity contribution >= 4 is 23.3 Å². The van der Waals surface area contributed by atoms with Crippen molar-refractivity contribution in [2.45, 2.75) is 38.7 Å². The van der Waals surface area contributed by atoms with Gasteiger partial charge in [-0.1, -0.05) is 50.1 Å². The number of hydrogen-bond acceptors (Lipinski definition) is 6. The minimum atomic E-state index is -0.914. The predicted molar refractivity (Wildman–Crippen MR) is 126 cm³/mol. The van der Waals surface area contributed by atoms with Crippen LogP contribution in [0.25, 0.3) is 0 Å². The lowest BCUT2D eigenvalue weighted by Gasteiger charge is -2.37. The second-order valence-electron chi connectivity index (χ2n) is 8.26. The fourth-order valence-electron chi connectivity index (χ4n) is 4.12. The number of benzene rings is 2. The fraction of sp³-hybridized carbons (Fsp3) is 0.400. The van der Waals surface area contributed by atoms with E-state index in [0.29, 0.717) is 50.4 Å². The number of phenolic OH excluding ortho intramolecular Hbond substituents is 1. The van der Waals surface area contributed by atoms with Gasteiger partial charge in [-0.3, -0.25) is 4.79 Å². The normalized spacial score (nSPS) is 17.2. The summed E-state index contributed by atoms with van der Waals surface area (Å²) in [6.45, 7) is 4.43. The number of hydrogen-bond donors (Lipinski definition) is 2. The highest BCUT2D eigenvalue weighted by Crippen LogP contribution is 2.27. The van der Waals surface area contributed by atoms with E-state index in [9.17, 15) is 15.0 Å². The highest BCUT2D eigenvalue weighted by Gasteiger charge is 2.28. The summed E-state index contributed by atoms with van der Waals surface area (Å²) < 4.78 is 0. The third kappa shape index (κ3) is 4.83. The molecule has 1 fully saturated rings. The molecule has 1 amide bonds. The Balaban J connectivity index is 1.54. The largest absolute Gasteiger partial charge is 0.507 e. The van der Waals surface area contributed by atoms with Gasteiger partial charge in [-0.15, -0.1) is 0 Å². The molecule has 7 nitrogen and oxygen atoms in total. The number of aliphatic imine (C=N–C) groups is 2. The van der Waals surface area contributed by atoms with Crippen LogP contribution in [0.5, 0.6) is 5.75 Å². The number of para-hydroxylation sites is 2. The predicted octanol–water partition coefficient (Wildman–Crippen LogP) is 3.12. The van der Waals surface area contributed by atoms with Crippen LogP contribution in [0, 0.1) is 0 Å². The topological polar surface area (TPSA) is 88.7 Å².